The molecule has 0 radical (unpaired) electrons. The number of benzene rings is 9. The lowest BCUT2D eigenvalue weighted by molar-refractivity contribution is 0.359. The first-order valence-electron chi connectivity index (χ1n) is 22.5. The molecule has 0 spiro atoms. The highest BCUT2D eigenvalue weighted by Crippen LogP contribution is 2.60. The van der Waals surface area contributed by atoms with E-state index in [1.807, 2.05) is 36.4 Å². The fraction of sp³-hybridized carbons (Fsp3) is 0.0656. The molecule has 0 N–H and O–H groups in total. The molecular weight excluding hydrogens is 807 g/mol. The molecule has 0 saturated heterocycles. The molecule has 5 nitrogen and oxygen atoms in total. The number of hydrogen-bond donors (Lipinski definition) is 0. The average molecular weight is 848 g/mol. The van der Waals surface area contributed by atoms with E-state index < -0.39 is 5.41 Å². The standard InChI is InChI=1S/C61H41N3O2/c1-60(2)49-27-14-12-25-45(49)47-31-29-42(34-51(47)60)59-63-57(38-17-6-3-7-18-38)62-58(64-59)41-20-16-19-39(33-41)40-30-32-53-54(35-40)66-56-37-52-48(36-55(56)65-53)46-26-13-15-28-50(46)61(52,43-21-8-4-9-22-43)44-23-10-5-11-24-44/h3-37H,1-2H3. The monoisotopic (exact) mass is 847 g/mol. The number of hydrogen-bond acceptors (Lipinski definition) is 5. The van der Waals surface area contributed by atoms with Crippen molar-refractivity contribution in [1.82, 2.24) is 15.0 Å². The Kier molecular flexibility index (Phi) is 8.40. The Hall–Kier alpha value is -8.41. The third-order valence-electron chi connectivity index (χ3n) is 13.9. The van der Waals surface area contributed by atoms with Crippen LogP contribution < -0.4 is 9.47 Å². The van der Waals surface area contributed by atoms with Gasteiger partial charge >= 0.3 is 0 Å². The fourth-order valence-corrected chi connectivity index (χ4v) is 10.7. The first-order valence-corrected chi connectivity index (χ1v) is 22.5. The Labute approximate surface area is 383 Å². The number of aromatic nitrogens is 3. The van der Waals surface area contributed by atoms with Gasteiger partial charge in [-0.05, 0) is 103 Å². The van der Waals surface area contributed by atoms with Crippen LogP contribution in [0.25, 0.3) is 67.5 Å². The number of fused-ring (bicyclic) bond motifs is 8. The van der Waals surface area contributed by atoms with Gasteiger partial charge in [0.2, 0.25) is 0 Å². The maximum Gasteiger partial charge on any atom is 0.170 e. The molecule has 0 unspecified atom stereocenters. The van der Waals surface area contributed by atoms with E-state index in [2.05, 4.69) is 190 Å². The first-order chi connectivity index (χ1) is 32.4. The second-order valence-corrected chi connectivity index (χ2v) is 17.9. The fourth-order valence-electron chi connectivity index (χ4n) is 10.7. The highest BCUT2D eigenvalue weighted by atomic mass is 16.6. The molecule has 0 bridgehead atoms. The highest BCUT2D eigenvalue weighted by molar-refractivity contribution is 5.89. The number of rotatable bonds is 6. The summed E-state index contributed by atoms with van der Waals surface area (Å²) in [5, 5.41) is 0. The van der Waals surface area contributed by atoms with Gasteiger partial charge in [0.25, 0.3) is 0 Å². The van der Waals surface area contributed by atoms with E-state index in [0.717, 1.165) is 38.9 Å². The summed E-state index contributed by atoms with van der Waals surface area (Å²) in [5.41, 5.74) is 16.3. The second-order valence-electron chi connectivity index (χ2n) is 17.9. The van der Waals surface area contributed by atoms with Crippen molar-refractivity contribution in [2.24, 2.45) is 0 Å². The minimum atomic E-state index is -0.548. The predicted octanol–water partition coefficient (Wildman–Crippen LogP) is 15.1. The molecule has 312 valence electrons. The molecule has 9 aromatic carbocycles. The summed E-state index contributed by atoms with van der Waals surface area (Å²) < 4.78 is 13.6. The lowest BCUT2D eigenvalue weighted by Gasteiger charge is -2.34. The van der Waals surface area contributed by atoms with Gasteiger partial charge in [-0.25, -0.2) is 15.0 Å². The molecule has 2 heterocycles. The molecule has 10 aromatic rings. The van der Waals surface area contributed by atoms with E-state index in [4.69, 9.17) is 24.4 Å². The molecule has 0 atom stereocenters. The lowest BCUT2D eigenvalue weighted by Crippen LogP contribution is -2.28. The first kappa shape index (κ1) is 38.1. The van der Waals surface area contributed by atoms with E-state index in [1.54, 1.807) is 0 Å². The van der Waals surface area contributed by atoms with Crippen LogP contribution in [0.5, 0.6) is 23.0 Å². The highest BCUT2D eigenvalue weighted by Gasteiger charge is 2.47. The van der Waals surface area contributed by atoms with E-state index in [1.165, 1.54) is 44.5 Å². The van der Waals surface area contributed by atoms with Crippen molar-refractivity contribution in [1.29, 1.82) is 0 Å². The molecule has 1 aromatic heterocycles. The summed E-state index contributed by atoms with van der Waals surface area (Å²) in [6.07, 6.45) is 0. The Morgan fingerprint density at radius 1 is 0.303 bits per heavy atom. The van der Waals surface area contributed by atoms with Gasteiger partial charge in [-0.15, -0.1) is 0 Å². The smallest absolute Gasteiger partial charge is 0.170 e. The van der Waals surface area contributed by atoms with Crippen LogP contribution in [0.2, 0.25) is 0 Å². The summed E-state index contributed by atoms with van der Waals surface area (Å²) in [6.45, 7) is 4.59. The Bertz CT molecular complexity index is 3530. The topological polar surface area (TPSA) is 57.1 Å². The molecule has 5 heteroatoms. The normalized spacial score (nSPS) is 14.1. The van der Waals surface area contributed by atoms with Crippen molar-refractivity contribution in [3.63, 3.8) is 0 Å². The summed E-state index contributed by atoms with van der Waals surface area (Å²) in [4.78, 5) is 15.4. The Morgan fingerprint density at radius 2 is 0.788 bits per heavy atom. The second kappa shape index (κ2) is 14.6. The third-order valence-corrected chi connectivity index (χ3v) is 13.9. The summed E-state index contributed by atoms with van der Waals surface area (Å²) in [6, 6.07) is 74.7. The van der Waals surface area contributed by atoms with Crippen molar-refractivity contribution in [3.8, 4) is 90.5 Å². The predicted molar refractivity (Wildman–Crippen MR) is 263 cm³/mol. The van der Waals surface area contributed by atoms with Crippen LogP contribution in [0.15, 0.2) is 212 Å². The van der Waals surface area contributed by atoms with E-state index >= 15 is 0 Å². The van der Waals surface area contributed by atoms with Gasteiger partial charge in [-0.1, -0.05) is 190 Å². The van der Waals surface area contributed by atoms with Crippen molar-refractivity contribution in [2.45, 2.75) is 24.7 Å². The quantitative estimate of drug-likeness (QED) is 0.167. The van der Waals surface area contributed by atoms with E-state index in [0.29, 0.717) is 40.5 Å². The molecule has 3 aliphatic rings. The van der Waals surface area contributed by atoms with Gasteiger partial charge in [0, 0.05) is 22.1 Å². The van der Waals surface area contributed by atoms with Crippen molar-refractivity contribution in [2.75, 3.05) is 0 Å². The molecule has 0 amide bonds. The Balaban J connectivity index is 0.883. The minimum absolute atomic E-state index is 0.152. The van der Waals surface area contributed by atoms with Crippen LogP contribution in [0.1, 0.15) is 47.2 Å². The molecule has 0 fully saturated rings. The molecule has 66 heavy (non-hydrogen) atoms. The van der Waals surface area contributed by atoms with Crippen molar-refractivity contribution in [3.05, 3.63) is 246 Å². The van der Waals surface area contributed by atoms with Gasteiger partial charge in [0.1, 0.15) is 0 Å². The summed E-state index contributed by atoms with van der Waals surface area (Å²) >= 11 is 0. The van der Waals surface area contributed by atoms with Crippen molar-refractivity contribution < 1.29 is 9.47 Å². The van der Waals surface area contributed by atoms with Crippen LogP contribution in [0.4, 0.5) is 0 Å². The van der Waals surface area contributed by atoms with Gasteiger partial charge in [-0.2, -0.15) is 0 Å². The SMILES string of the molecule is CC1(C)c2ccccc2-c2ccc(-c3nc(-c4ccccc4)nc(-c4cccc(-c5ccc6c(c5)Oc5cc7c(cc5O6)-c5ccccc5C7(c5ccccc5)c5ccccc5)c4)n3)cc21. The maximum absolute atomic E-state index is 6.88. The molecule has 2 aliphatic carbocycles. The molecule has 13 rings (SSSR count). The average Bonchev–Trinajstić information content (AvgIpc) is 3.80. The summed E-state index contributed by atoms with van der Waals surface area (Å²) in [5.74, 6) is 4.56. The minimum Gasteiger partial charge on any atom is -0.449 e. The number of nitrogens with zero attached hydrogens (tertiary/aromatic N) is 3. The van der Waals surface area contributed by atoms with Crippen molar-refractivity contribution >= 4 is 0 Å². The van der Waals surface area contributed by atoms with Crippen LogP contribution in [0.3, 0.4) is 0 Å². The van der Waals surface area contributed by atoms with Gasteiger partial charge in [0.05, 0.1) is 5.41 Å². The third kappa shape index (κ3) is 5.76. The van der Waals surface area contributed by atoms with E-state index in [-0.39, 0.29) is 5.41 Å². The molecule has 0 saturated carbocycles. The van der Waals surface area contributed by atoms with Crippen LogP contribution in [-0.2, 0) is 10.8 Å². The molecular formula is C61H41N3O2. The zero-order valence-electron chi connectivity index (χ0n) is 36.4. The zero-order valence-corrected chi connectivity index (χ0v) is 36.4. The lowest BCUT2D eigenvalue weighted by atomic mass is 9.67. The van der Waals surface area contributed by atoms with Crippen LogP contribution in [-0.4, -0.2) is 15.0 Å². The van der Waals surface area contributed by atoms with E-state index in [9.17, 15) is 0 Å². The van der Waals surface area contributed by atoms with Gasteiger partial charge in [0.15, 0.2) is 40.5 Å². The van der Waals surface area contributed by atoms with Gasteiger partial charge in [-0.3, -0.25) is 0 Å². The summed E-state index contributed by atoms with van der Waals surface area (Å²) in [7, 11) is 0. The van der Waals surface area contributed by atoms with Crippen LogP contribution >= 0.6 is 0 Å². The number of ether oxygens (including phenoxy) is 2. The van der Waals surface area contributed by atoms with Gasteiger partial charge < -0.3 is 9.47 Å². The zero-order chi connectivity index (χ0) is 44.0. The largest absolute Gasteiger partial charge is 0.449 e. The maximum atomic E-state index is 6.88. The van der Waals surface area contributed by atoms with Crippen LogP contribution in [0, 0.1) is 0 Å². The molecule has 1 aliphatic heterocycles. The Morgan fingerprint density at radius 3 is 1.50 bits per heavy atom.